The third-order valence-electron chi connectivity index (χ3n) is 3.29. The molecular formula is C12H18N2O3. The molecule has 1 N–H and O–H groups in total. The maximum absolute atomic E-state index is 10.9. The molecule has 2 rings (SSSR count). The molecule has 5 heteroatoms. The van der Waals surface area contributed by atoms with E-state index in [-0.39, 0.29) is 18.8 Å². The lowest BCUT2D eigenvalue weighted by molar-refractivity contribution is -0.605. The monoisotopic (exact) mass is 238 g/mol. The van der Waals surface area contributed by atoms with Gasteiger partial charge in [-0.25, -0.2) is 0 Å². The van der Waals surface area contributed by atoms with Crippen LogP contribution in [0.15, 0.2) is 24.5 Å². The van der Waals surface area contributed by atoms with E-state index in [0.717, 1.165) is 29.8 Å². The zero-order valence-corrected chi connectivity index (χ0v) is 9.95. The molecule has 0 amide bonds. The van der Waals surface area contributed by atoms with E-state index in [9.17, 15) is 10.3 Å². The SMILES string of the molecule is CO[C@@H]1CC(CO)N(Cc2cc[n+]([O-])cc2)C1. The van der Waals surface area contributed by atoms with Crippen LogP contribution in [0.5, 0.6) is 0 Å². The fourth-order valence-electron chi connectivity index (χ4n) is 2.28. The first-order valence-corrected chi connectivity index (χ1v) is 5.78. The Kier molecular flexibility index (Phi) is 3.93. The summed E-state index contributed by atoms with van der Waals surface area (Å²) in [5.74, 6) is 0. The first kappa shape index (κ1) is 12.3. The molecule has 0 radical (unpaired) electrons. The summed E-state index contributed by atoms with van der Waals surface area (Å²) in [6.45, 7) is 1.72. The second kappa shape index (κ2) is 5.44. The number of aromatic nitrogens is 1. The van der Waals surface area contributed by atoms with Crippen LogP contribution in [0.25, 0.3) is 0 Å². The number of aliphatic hydroxyl groups excluding tert-OH is 1. The molecule has 0 bridgehead atoms. The summed E-state index contributed by atoms with van der Waals surface area (Å²) < 4.78 is 6.10. The average Bonchev–Trinajstić information content (AvgIpc) is 2.74. The molecule has 2 atom stereocenters. The second-order valence-corrected chi connectivity index (χ2v) is 4.43. The topological polar surface area (TPSA) is 59.6 Å². The van der Waals surface area contributed by atoms with Crippen LogP contribution in [0.2, 0.25) is 0 Å². The maximum Gasteiger partial charge on any atom is 0.180 e. The lowest BCUT2D eigenvalue weighted by atomic mass is 10.2. The molecule has 1 aliphatic rings. The van der Waals surface area contributed by atoms with Crippen molar-refractivity contribution < 1.29 is 14.6 Å². The lowest BCUT2D eigenvalue weighted by Gasteiger charge is -2.21. The normalized spacial score (nSPS) is 25.3. The van der Waals surface area contributed by atoms with Gasteiger partial charge in [0, 0.05) is 38.4 Å². The first-order chi connectivity index (χ1) is 8.22. The Balaban J connectivity index is 2.00. The van der Waals surface area contributed by atoms with Crippen molar-refractivity contribution in [2.75, 3.05) is 20.3 Å². The highest BCUT2D eigenvalue weighted by molar-refractivity contribution is 5.08. The molecule has 1 aromatic heterocycles. The van der Waals surface area contributed by atoms with Crippen molar-refractivity contribution >= 4 is 0 Å². The van der Waals surface area contributed by atoms with Crippen LogP contribution in [-0.4, -0.2) is 42.4 Å². The van der Waals surface area contributed by atoms with Gasteiger partial charge in [-0.2, -0.15) is 4.73 Å². The zero-order valence-electron chi connectivity index (χ0n) is 9.95. The molecule has 94 valence electrons. The first-order valence-electron chi connectivity index (χ1n) is 5.78. The Morgan fingerprint density at radius 3 is 2.82 bits per heavy atom. The lowest BCUT2D eigenvalue weighted by Crippen LogP contribution is -2.32. The fourth-order valence-corrected chi connectivity index (χ4v) is 2.28. The Labute approximate surface area is 101 Å². The van der Waals surface area contributed by atoms with Gasteiger partial charge in [0.15, 0.2) is 12.4 Å². The van der Waals surface area contributed by atoms with E-state index in [1.54, 1.807) is 7.11 Å². The third-order valence-corrected chi connectivity index (χ3v) is 3.29. The van der Waals surface area contributed by atoms with Gasteiger partial charge in [-0.15, -0.1) is 0 Å². The summed E-state index contributed by atoms with van der Waals surface area (Å²) in [5.41, 5.74) is 1.08. The minimum absolute atomic E-state index is 0.147. The van der Waals surface area contributed by atoms with Crippen molar-refractivity contribution in [2.45, 2.75) is 25.1 Å². The Morgan fingerprint density at radius 1 is 1.53 bits per heavy atom. The minimum atomic E-state index is 0.147. The average molecular weight is 238 g/mol. The number of likely N-dealkylation sites (tertiary alicyclic amines) is 1. The number of aliphatic hydroxyl groups is 1. The Bertz CT molecular complexity index is 355. The molecule has 1 saturated heterocycles. The standard InChI is InChI=1S/C12H18N2O3/c1-17-12-6-11(9-15)13(8-12)7-10-2-4-14(16)5-3-10/h2-5,11-12,15H,6-9H2,1H3/t11?,12-/m1/s1. The highest BCUT2D eigenvalue weighted by Gasteiger charge is 2.31. The number of hydrogen-bond acceptors (Lipinski definition) is 4. The number of rotatable bonds is 4. The van der Waals surface area contributed by atoms with Crippen molar-refractivity contribution in [2.24, 2.45) is 0 Å². The van der Waals surface area contributed by atoms with Crippen LogP contribution >= 0.6 is 0 Å². The number of pyridine rings is 1. The summed E-state index contributed by atoms with van der Waals surface area (Å²) in [6, 6.07) is 3.77. The van der Waals surface area contributed by atoms with Crippen molar-refractivity contribution in [3.05, 3.63) is 35.3 Å². The Hall–Kier alpha value is -1.17. The van der Waals surface area contributed by atoms with Crippen LogP contribution in [0.1, 0.15) is 12.0 Å². The van der Waals surface area contributed by atoms with E-state index < -0.39 is 0 Å². The van der Waals surface area contributed by atoms with Crippen LogP contribution in [0.4, 0.5) is 0 Å². The quantitative estimate of drug-likeness (QED) is 0.588. The van der Waals surface area contributed by atoms with Crippen LogP contribution in [0.3, 0.4) is 0 Å². The molecule has 5 nitrogen and oxygen atoms in total. The molecule has 1 fully saturated rings. The van der Waals surface area contributed by atoms with Gasteiger partial charge >= 0.3 is 0 Å². The van der Waals surface area contributed by atoms with Gasteiger partial charge in [0.2, 0.25) is 0 Å². The highest BCUT2D eigenvalue weighted by atomic mass is 16.5. The predicted octanol–water partition coefficient (Wildman–Crippen LogP) is -0.0984. The molecule has 0 saturated carbocycles. The van der Waals surface area contributed by atoms with Crippen LogP contribution in [-0.2, 0) is 11.3 Å². The molecule has 17 heavy (non-hydrogen) atoms. The largest absolute Gasteiger partial charge is 0.619 e. The number of methoxy groups -OCH3 is 1. The third kappa shape index (κ3) is 2.94. The zero-order chi connectivity index (χ0) is 12.3. The molecule has 0 aliphatic carbocycles. The van der Waals surface area contributed by atoms with Crippen molar-refractivity contribution in [3.63, 3.8) is 0 Å². The summed E-state index contributed by atoms with van der Waals surface area (Å²) in [4.78, 5) is 2.19. The summed E-state index contributed by atoms with van der Waals surface area (Å²) in [5, 5.41) is 20.2. The van der Waals surface area contributed by atoms with Gasteiger partial charge < -0.3 is 15.1 Å². The van der Waals surface area contributed by atoms with Crippen molar-refractivity contribution in [3.8, 4) is 0 Å². The molecular weight excluding hydrogens is 220 g/mol. The van der Waals surface area contributed by atoms with Gasteiger partial charge in [-0.05, 0) is 12.0 Å². The highest BCUT2D eigenvalue weighted by Crippen LogP contribution is 2.21. The minimum Gasteiger partial charge on any atom is -0.619 e. The van der Waals surface area contributed by atoms with E-state index >= 15 is 0 Å². The predicted molar refractivity (Wildman–Crippen MR) is 62.1 cm³/mol. The molecule has 1 aromatic rings. The molecule has 1 aliphatic heterocycles. The van der Waals surface area contributed by atoms with Crippen LogP contribution in [0, 0.1) is 5.21 Å². The van der Waals surface area contributed by atoms with Gasteiger partial charge in [-0.1, -0.05) is 0 Å². The van der Waals surface area contributed by atoms with E-state index in [1.807, 2.05) is 12.1 Å². The molecule has 0 spiro atoms. The Morgan fingerprint density at radius 2 is 2.24 bits per heavy atom. The van der Waals surface area contributed by atoms with Gasteiger partial charge in [0.05, 0.1) is 12.7 Å². The van der Waals surface area contributed by atoms with E-state index in [2.05, 4.69) is 4.90 Å². The summed E-state index contributed by atoms with van der Waals surface area (Å²) >= 11 is 0. The summed E-state index contributed by atoms with van der Waals surface area (Å²) in [6.07, 6.45) is 4.04. The number of ether oxygens (including phenoxy) is 1. The number of hydrogen-bond donors (Lipinski definition) is 1. The fraction of sp³-hybridized carbons (Fsp3) is 0.583. The van der Waals surface area contributed by atoms with E-state index in [1.165, 1.54) is 12.4 Å². The summed E-state index contributed by atoms with van der Waals surface area (Å²) in [7, 11) is 1.70. The molecule has 2 heterocycles. The number of nitrogens with zero attached hydrogens (tertiary/aromatic N) is 2. The van der Waals surface area contributed by atoms with E-state index in [0.29, 0.717) is 0 Å². The van der Waals surface area contributed by atoms with Gasteiger partial charge in [-0.3, -0.25) is 4.90 Å². The smallest absolute Gasteiger partial charge is 0.180 e. The van der Waals surface area contributed by atoms with E-state index in [4.69, 9.17) is 4.74 Å². The molecule has 1 unspecified atom stereocenters. The van der Waals surface area contributed by atoms with Gasteiger partial charge in [0.1, 0.15) is 0 Å². The molecule has 0 aromatic carbocycles. The second-order valence-electron chi connectivity index (χ2n) is 4.43. The van der Waals surface area contributed by atoms with Crippen molar-refractivity contribution in [1.82, 2.24) is 4.90 Å². The van der Waals surface area contributed by atoms with Crippen LogP contribution < -0.4 is 4.73 Å². The van der Waals surface area contributed by atoms with Crippen molar-refractivity contribution in [1.29, 1.82) is 0 Å². The van der Waals surface area contributed by atoms with Gasteiger partial charge in [0.25, 0.3) is 0 Å². The maximum atomic E-state index is 10.9.